The molecule has 10 fully saturated rings. The molecule has 23 heteroatoms. The van der Waals surface area contributed by atoms with E-state index in [0.29, 0.717) is 75.6 Å². The number of allylic oxidation sites excluding steroid dienone is 4. The van der Waals surface area contributed by atoms with Crippen molar-refractivity contribution in [2.45, 2.75) is 184 Å². The van der Waals surface area contributed by atoms with Gasteiger partial charge in [0.1, 0.15) is 132 Å². The fraction of sp³-hybridized carbons (Fsp3) is 0.529. The largest absolute Gasteiger partial charge is 0.491 e. The van der Waals surface area contributed by atoms with Crippen LogP contribution in [0.25, 0.3) is 0 Å². The first-order valence-corrected chi connectivity index (χ1v) is 38.4. The van der Waals surface area contributed by atoms with Gasteiger partial charge in [-0.2, -0.15) is 0 Å². The van der Waals surface area contributed by atoms with Gasteiger partial charge in [0.25, 0.3) is 0 Å². The van der Waals surface area contributed by atoms with Gasteiger partial charge in [0.15, 0.2) is 0 Å². The lowest BCUT2D eigenvalue weighted by Crippen LogP contribution is -2.17. The van der Waals surface area contributed by atoms with E-state index in [4.69, 9.17) is 90.0 Å². The molecule has 584 valence electrons. The maximum Gasteiger partial charge on any atom is 0.317 e. The minimum absolute atomic E-state index is 0.00339. The molecule has 0 bridgehead atoms. The first kappa shape index (κ1) is 80.8. The van der Waals surface area contributed by atoms with Crippen LogP contribution in [0.15, 0.2) is 146 Å². The van der Waals surface area contributed by atoms with Crippen LogP contribution in [0.5, 0.6) is 28.7 Å². The molecule has 10 heterocycles. The Labute approximate surface area is 633 Å². The second-order valence-corrected chi connectivity index (χ2v) is 27.9. The monoisotopic (exact) mass is 1490 g/mol. The van der Waals surface area contributed by atoms with E-state index in [1.165, 1.54) is 79.2 Å². The number of benzene rings is 5. The zero-order valence-corrected chi connectivity index (χ0v) is 62.2. The molecular weight excluding hydrogens is 1390 g/mol. The summed E-state index contributed by atoms with van der Waals surface area (Å²) < 4.78 is 100. The Morgan fingerprint density at radius 1 is 0.398 bits per heavy atom. The van der Waals surface area contributed by atoms with Crippen LogP contribution in [-0.2, 0) is 131 Å². The Bertz CT molecular complexity index is 3460. The van der Waals surface area contributed by atoms with E-state index in [2.05, 4.69) is 92.4 Å². The second kappa shape index (κ2) is 44.5. The van der Waals surface area contributed by atoms with Crippen molar-refractivity contribution in [2.24, 2.45) is 0 Å². The van der Waals surface area contributed by atoms with Gasteiger partial charge in [0.2, 0.25) is 6.29 Å². The summed E-state index contributed by atoms with van der Waals surface area (Å²) in [5, 5.41) is 0. The Hall–Kier alpha value is -8.20. The zero-order valence-electron chi connectivity index (χ0n) is 62.2. The molecule has 10 aliphatic rings. The highest BCUT2D eigenvalue weighted by Crippen LogP contribution is 2.34. The van der Waals surface area contributed by atoms with Crippen molar-refractivity contribution in [1.82, 2.24) is 0 Å². The average molecular weight is 1500 g/mol. The molecule has 5 aromatic carbocycles. The maximum atomic E-state index is 12.0. The Morgan fingerprint density at radius 3 is 1.23 bits per heavy atom. The first-order valence-electron chi connectivity index (χ1n) is 38.4. The average Bonchev–Trinajstić information content (AvgIpc) is 1.75. The number of aryl methyl sites for hydroxylation is 1. The van der Waals surface area contributed by atoms with Crippen molar-refractivity contribution >= 4 is 23.9 Å². The molecule has 0 amide bonds. The van der Waals surface area contributed by atoms with Gasteiger partial charge in [-0.1, -0.05) is 148 Å². The fourth-order valence-electron chi connectivity index (χ4n) is 11.0. The van der Waals surface area contributed by atoms with Crippen molar-refractivity contribution in [1.29, 1.82) is 0 Å². The molecule has 10 saturated heterocycles. The SMILES string of the molecule is C=CCOc1c(CC2CO2)cccc1CC1CO1.CCC/C=C/C/C=C/CCCCCCCc1ccccc1OC1CO1.O=C(CC(=O)OCC1CO1)OCC1CO1.O=C(CC(=O)OCc1cccc(OCC2CO2)c1)OCc1cccc(OCC2CO2)c1.c1cc(CC2CO2)c(OCC2CO2)c(CC2CO2)c1. The molecule has 10 aliphatic heterocycles. The quantitative estimate of drug-likeness (QED) is 0.00874. The van der Waals surface area contributed by atoms with E-state index in [-0.39, 0.29) is 69.7 Å². The molecule has 0 aliphatic carbocycles. The Balaban J connectivity index is 0.000000137. The van der Waals surface area contributed by atoms with Gasteiger partial charge in [-0.3, -0.25) is 19.2 Å². The van der Waals surface area contributed by atoms with Crippen LogP contribution in [0.3, 0.4) is 0 Å². The van der Waals surface area contributed by atoms with Gasteiger partial charge in [-0.25, -0.2) is 0 Å². The number of carbonyl (C=O) groups is 4. The minimum atomic E-state index is -0.649. The number of carbonyl (C=O) groups excluding carboxylic acids is 4. The van der Waals surface area contributed by atoms with Crippen LogP contribution in [0.4, 0.5) is 0 Å². The zero-order chi connectivity index (χ0) is 74.8. The summed E-state index contributed by atoms with van der Waals surface area (Å²) in [6.45, 7) is 16.4. The van der Waals surface area contributed by atoms with Crippen molar-refractivity contribution in [2.75, 3.05) is 106 Å². The smallest absolute Gasteiger partial charge is 0.317 e. The molecule has 0 saturated carbocycles. The van der Waals surface area contributed by atoms with E-state index < -0.39 is 30.3 Å². The highest BCUT2D eigenvalue weighted by atomic mass is 16.8. The lowest BCUT2D eigenvalue weighted by molar-refractivity contribution is -0.157. The van der Waals surface area contributed by atoms with Crippen molar-refractivity contribution < 1.29 is 109 Å². The van der Waals surface area contributed by atoms with Crippen molar-refractivity contribution in [3.05, 3.63) is 185 Å². The Morgan fingerprint density at radius 2 is 0.787 bits per heavy atom. The number of epoxide rings is 10. The van der Waals surface area contributed by atoms with E-state index in [0.717, 1.165) is 120 Å². The van der Waals surface area contributed by atoms with E-state index in [1.54, 1.807) is 18.2 Å². The third kappa shape index (κ3) is 34.6. The second-order valence-electron chi connectivity index (χ2n) is 27.9. The third-order valence-electron chi connectivity index (χ3n) is 17.8. The van der Waals surface area contributed by atoms with Gasteiger partial charge < -0.3 is 90.0 Å². The van der Waals surface area contributed by atoms with Crippen LogP contribution >= 0.6 is 0 Å². The van der Waals surface area contributed by atoms with Crippen LogP contribution in [0, 0.1) is 0 Å². The normalized spacial score (nSPS) is 22.6. The standard InChI is InChI=1S/C23H24O8.C23H34O2.C15H18O4.C15H18O3.C9H12O6/c24-22(30-10-16-3-1-5-18(7-16)26-12-20-14-28-20)9-23(25)31-11-17-4-2-6-19(8-17)27-13-21-15-29-21;1-2-3-4-5-6-7-8-9-10-11-12-13-14-17-21-18-15-16-19-22(21)25-23-20-24-23;1-2-10(4-12-6-16-12)15(19-9-14-8-18-14)11(3-1)5-13-7-17-13;1-2-6-16-15-11(7-13-9-17-13)4-3-5-12(15)8-14-10-18-14;10-8(14-4-6-2-12-6)1-9(11)15-5-7-3-13-7/h1-8,20-21H,9-15H2;4-5,7-8,15-16,18-19,23H,2-3,6,9-14,17,20H2,1H3;1-3,12-14H,4-9H2;2-5,13-14H,1,6-10H2;6-7H,1-5H2/b;5-4+,8-7+;;;. The molecule has 0 spiro atoms. The van der Waals surface area contributed by atoms with Crippen LogP contribution in [0.1, 0.15) is 116 Å². The molecule has 0 aromatic heterocycles. The van der Waals surface area contributed by atoms with Crippen LogP contribution in [0.2, 0.25) is 0 Å². The predicted molar refractivity (Wildman–Crippen MR) is 397 cm³/mol. The summed E-state index contributed by atoms with van der Waals surface area (Å²) >= 11 is 0. The molecule has 23 nitrogen and oxygen atoms in total. The molecule has 0 N–H and O–H groups in total. The molecule has 0 radical (unpaired) electrons. The molecule has 10 unspecified atom stereocenters. The number of para-hydroxylation sites is 3. The highest BCUT2D eigenvalue weighted by molar-refractivity contribution is 5.91. The van der Waals surface area contributed by atoms with E-state index in [1.807, 2.05) is 42.5 Å². The van der Waals surface area contributed by atoms with Crippen molar-refractivity contribution in [3.63, 3.8) is 0 Å². The van der Waals surface area contributed by atoms with Gasteiger partial charge in [0, 0.05) is 25.7 Å². The van der Waals surface area contributed by atoms with E-state index in [9.17, 15) is 19.2 Å². The maximum absolute atomic E-state index is 12.0. The number of hydrogen-bond acceptors (Lipinski definition) is 23. The van der Waals surface area contributed by atoms with Gasteiger partial charge in [-0.15, -0.1) is 0 Å². The third-order valence-corrected chi connectivity index (χ3v) is 17.8. The van der Waals surface area contributed by atoms with Crippen LogP contribution < -0.4 is 23.7 Å². The highest BCUT2D eigenvalue weighted by Gasteiger charge is 2.33. The van der Waals surface area contributed by atoms with Gasteiger partial charge in [0.05, 0.1) is 83.9 Å². The molecule has 15 rings (SSSR count). The van der Waals surface area contributed by atoms with Gasteiger partial charge in [-0.05, 0) is 108 Å². The summed E-state index contributed by atoms with van der Waals surface area (Å²) in [6, 6.07) is 35.6. The first-order chi connectivity index (χ1) is 53.0. The fourth-order valence-corrected chi connectivity index (χ4v) is 11.0. The lowest BCUT2D eigenvalue weighted by Gasteiger charge is -2.14. The number of unbranched alkanes of at least 4 members (excludes halogenated alkanes) is 6. The minimum Gasteiger partial charge on any atom is -0.491 e. The molecular formula is C85H106O23. The molecule has 108 heavy (non-hydrogen) atoms. The molecule has 5 aromatic rings. The van der Waals surface area contributed by atoms with Gasteiger partial charge >= 0.3 is 23.9 Å². The lowest BCUT2D eigenvalue weighted by atomic mass is 10.0. The van der Waals surface area contributed by atoms with Crippen molar-refractivity contribution in [3.8, 4) is 28.7 Å². The summed E-state index contributed by atoms with van der Waals surface area (Å²) in [5.41, 5.74) is 7.82. The Kier molecular flexibility index (Phi) is 33.3. The summed E-state index contributed by atoms with van der Waals surface area (Å²) in [6.07, 6.45) is 28.5. The van der Waals surface area contributed by atoms with E-state index >= 15 is 0 Å². The number of hydrogen-bond donors (Lipinski definition) is 0. The molecule has 10 atom stereocenters. The van der Waals surface area contributed by atoms with Crippen LogP contribution in [-0.4, -0.2) is 191 Å². The number of rotatable bonds is 46. The predicted octanol–water partition coefficient (Wildman–Crippen LogP) is 11.8. The summed E-state index contributed by atoms with van der Waals surface area (Å²) in [5.74, 6) is 1.95. The topological polar surface area (TPSA) is 277 Å². The summed E-state index contributed by atoms with van der Waals surface area (Å²) in [7, 11) is 0. The number of ether oxygens (including phenoxy) is 19. The summed E-state index contributed by atoms with van der Waals surface area (Å²) in [4.78, 5) is 46.0. The number of esters is 4.